The van der Waals surface area contributed by atoms with E-state index in [4.69, 9.17) is 9.15 Å². The number of hydrogen-bond acceptors (Lipinski definition) is 5. The van der Waals surface area contributed by atoms with Crippen LogP contribution in [0.25, 0.3) is 0 Å². The molecule has 23 heavy (non-hydrogen) atoms. The van der Waals surface area contributed by atoms with Crippen molar-refractivity contribution >= 4 is 11.9 Å². The van der Waals surface area contributed by atoms with Crippen LogP contribution < -0.4 is 5.32 Å². The van der Waals surface area contributed by atoms with Crippen molar-refractivity contribution < 1.29 is 18.7 Å². The average molecular weight is 319 g/mol. The fraction of sp³-hybridized carbons (Fsp3) is 0.438. The van der Waals surface area contributed by atoms with Gasteiger partial charge in [0.05, 0.1) is 6.54 Å². The van der Waals surface area contributed by atoms with Gasteiger partial charge in [-0.05, 0) is 31.0 Å². The van der Waals surface area contributed by atoms with Crippen LogP contribution in [0.15, 0.2) is 35.0 Å². The molecule has 1 N–H and O–H groups in total. The SMILES string of the molecule is CC(C)C(C)NC(=O)COC(=O)c1ccc(Cn2cccn2)o1. The third-order valence-electron chi connectivity index (χ3n) is 3.46. The van der Waals surface area contributed by atoms with E-state index in [2.05, 4.69) is 10.4 Å². The quantitative estimate of drug-likeness (QED) is 0.787. The number of rotatable bonds is 7. The Hall–Kier alpha value is -2.57. The highest BCUT2D eigenvalue weighted by molar-refractivity contribution is 5.88. The molecule has 7 nitrogen and oxygen atoms in total. The number of amides is 1. The third kappa shape index (κ3) is 4.98. The zero-order chi connectivity index (χ0) is 16.8. The number of nitrogens with zero attached hydrogens (tertiary/aromatic N) is 2. The van der Waals surface area contributed by atoms with Crippen LogP contribution in [0.5, 0.6) is 0 Å². The average Bonchev–Trinajstić information content (AvgIpc) is 3.17. The standard InChI is InChI=1S/C16H21N3O4/c1-11(2)12(3)18-15(20)10-22-16(21)14-6-5-13(23-14)9-19-8-4-7-17-19/h4-8,11-12H,9-10H2,1-3H3,(H,18,20). The summed E-state index contributed by atoms with van der Waals surface area (Å²) in [5.74, 6) is -0.0353. The molecule has 1 atom stereocenters. The van der Waals surface area contributed by atoms with E-state index in [-0.39, 0.29) is 24.3 Å². The number of carbonyl (C=O) groups is 2. The highest BCUT2D eigenvalue weighted by atomic mass is 16.5. The lowest BCUT2D eigenvalue weighted by Crippen LogP contribution is -2.38. The summed E-state index contributed by atoms with van der Waals surface area (Å²) in [5.41, 5.74) is 0. The maximum absolute atomic E-state index is 11.9. The Labute approximate surface area is 134 Å². The summed E-state index contributed by atoms with van der Waals surface area (Å²) in [5, 5.41) is 6.82. The number of nitrogens with one attached hydrogen (secondary N) is 1. The van der Waals surface area contributed by atoms with E-state index in [0.717, 1.165) is 0 Å². The number of esters is 1. The van der Waals surface area contributed by atoms with E-state index < -0.39 is 5.97 Å². The Morgan fingerprint density at radius 2 is 2.13 bits per heavy atom. The number of aromatic nitrogens is 2. The molecule has 2 aromatic heterocycles. The van der Waals surface area contributed by atoms with Crippen molar-refractivity contribution in [1.29, 1.82) is 0 Å². The summed E-state index contributed by atoms with van der Waals surface area (Å²) < 4.78 is 12.0. The molecule has 0 aliphatic rings. The zero-order valence-corrected chi connectivity index (χ0v) is 13.5. The molecule has 0 aliphatic carbocycles. The number of hydrogen-bond donors (Lipinski definition) is 1. The molecule has 124 valence electrons. The van der Waals surface area contributed by atoms with Crippen LogP contribution in [0.4, 0.5) is 0 Å². The van der Waals surface area contributed by atoms with Crippen molar-refractivity contribution in [3.8, 4) is 0 Å². The summed E-state index contributed by atoms with van der Waals surface area (Å²) >= 11 is 0. The van der Waals surface area contributed by atoms with E-state index in [1.165, 1.54) is 6.07 Å². The molecule has 0 fully saturated rings. The monoisotopic (exact) mass is 319 g/mol. The summed E-state index contributed by atoms with van der Waals surface area (Å²) in [7, 11) is 0. The molecule has 2 aromatic rings. The smallest absolute Gasteiger partial charge is 0.374 e. The highest BCUT2D eigenvalue weighted by Crippen LogP contribution is 2.10. The molecule has 1 unspecified atom stereocenters. The first kappa shape index (κ1) is 16.8. The maximum atomic E-state index is 11.9. The summed E-state index contributed by atoms with van der Waals surface area (Å²) in [6.45, 7) is 6.00. The third-order valence-corrected chi connectivity index (χ3v) is 3.46. The van der Waals surface area contributed by atoms with E-state index in [1.807, 2.05) is 20.8 Å². The van der Waals surface area contributed by atoms with Gasteiger partial charge >= 0.3 is 5.97 Å². The van der Waals surface area contributed by atoms with Crippen molar-refractivity contribution in [3.63, 3.8) is 0 Å². The van der Waals surface area contributed by atoms with Gasteiger partial charge in [-0.15, -0.1) is 0 Å². The second kappa shape index (κ2) is 7.62. The zero-order valence-electron chi connectivity index (χ0n) is 13.5. The first-order valence-electron chi connectivity index (χ1n) is 7.48. The first-order valence-corrected chi connectivity index (χ1v) is 7.48. The van der Waals surface area contributed by atoms with Gasteiger partial charge in [0.2, 0.25) is 5.76 Å². The van der Waals surface area contributed by atoms with Crippen LogP contribution in [-0.2, 0) is 16.1 Å². The van der Waals surface area contributed by atoms with Gasteiger partial charge in [0.1, 0.15) is 5.76 Å². The van der Waals surface area contributed by atoms with E-state index >= 15 is 0 Å². The first-order chi connectivity index (χ1) is 11.0. The maximum Gasteiger partial charge on any atom is 0.374 e. The van der Waals surface area contributed by atoms with Crippen LogP contribution >= 0.6 is 0 Å². The minimum absolute atomic E-state index is 0.0190. The molecule has 0 saturated carbocycles. The topological polar surface area (TPSA) is 86.4 Å². The van der Waals surface area contributed by atoms with Gasteiger partial charge in [0, 0.05) is 18.4 Å². The van der Waals surface area contributed by atoms with Crippen LogP contribution in [0.2, 0.25) is 0 Å². The van der Waals surface area contributed by atoms with Crippen LogP contribution in [0.1, 0.15) is 37.1 Å². The second-order valence-electron chi connectivity index (χ2n) is 5.65. The molecule has 2 rings (SSSR count). The van der Waals surface area contributed by atoms with Gasteiger partial charge < -0.3 is 14.5 Å². The Kier molecular flexibility index (Phi) is 5.56. The lowest BCUT2D eigenvalue weighted by molar-refractivity contribution is -0.125. The molecule has 0 aliphatic heterocycles. The highest BCUT2D eigenvalue weighted by Gasteiger charge is 2.16. The molecular formula is C16H21N3O4. The number of carbonyl (C=O) groups excluding carboxylic acids is 2. The normalized spacial score (nSPS) is 12.2. The van der Waals surface area contributed by atoms with Crippen LogP contribution in [-0.4, -0.2) is 34.3 Å². The molecule has 0 spiro atoms. The Bertz CT molecular complexity index is 646. The van der Waals surface area contributed by atoms with E-state index in [1.54, 1.807) is 29.2 Å². The minimum atomic E-state index is -0.663. The lowest BCUT2D eigenvalue weighted by atomic mass is 10.1. The van der Waals surface area contributed by atoms with Gasteiger partial charge in [-0.25, -0.2) is 4.79 Å². The lowest BCUT2D eigenvalue weighted by Gasteiger charge is -2.17. The van der Waals surface area contributed by atoms with Gasteiger partial charge in [-0.3, -0.25) is 9.48 Å². The largest absolute Gasteiger partial charge is 0.452 e. The van der Waals surface area contributed by atoms with E-state index in [9.17, 15) is 9.59 Å². The van der Waals surface area contributed by atoms with Gasteiger partial charge in [-0.1, -0.05) is 13.8 Å². The fourth-order valence-corrected chi connectivity index (χ4v) is 1.79. The molecule has 1 amide bonds. The van der Waals surface area contributed by atoms with Gasteiger partial charge in [-0.2, -0.15) is 5.10 Å². The van der Waals surface area contributed by atoms with Crippen molar-refractivity contribution in [3.05, 3.63) is 42.1 Å². The van der Waals surface area contributed by atoms with Gasteiger partial charge in [0.25, 0.3) is 5.91 Å². The summed E-state index contributed by atoms with van der Waals surface area (Å²) in [6, 6.07) is 5.02. The predicted octanol–water partition coefficient (Wildman–Crippen LogP) is 1.84. The molecule has 0 radical (unpaired) electrons. The molecule has 7 heteroatoms. The number of ether oxygens (including phenoxy) is 1. The molecule has 2 heterocycles. The summed E-state index contributed by atoms with van der Waals surface area (Å²) in [6.07, 6.45) is 3.45. The Morgan fingerprint density at radius 3 is 2.78 bits per heavy atom. The van der Waals surface area contributed by atoms with E-state index in [0.29, 0.717) is 18.2 Å². The molecule has 0 aromatic carbocycles. The van der Waals surface area contributed by atoms with Crippen LogP contribution in [0.3, 0.4) is 0 Å². The van der Waals surface area contributed by atoms with Crippen LogP contribution in [0, 0.1) is 5.92 Å². The Morgan fingerprint density at radius 1 is 1.35 bits per heavy atom. The van der Waals surface area contributed by atoms with Crippen molar-refractivity contribution in [2.75, 3.05) is 6.61 Å². The molecule has 0 saturated heterocycles. The molecule has 0 bridgehead atoms. The van der Waals surface area contributed by atoms with Crippen molar-refractivity contribution in [1.82, 2.24) is 15.1 Å². The number of furan rings is 1. The second-order valence-corrected chi connectivity index (χ2v) is 5.65. The van der Waals surface area contributed by atoms with Crippen molar-refractivity contribution in [2.24, 2.45) is 5.92 Å². The minimum Gasteiger partial charge on any atom is -0.452 e. The predicted molar refractivity (Wildman–Crippen MR) is 82.8 cm³/mol. The van der Waals surface area contributed by atoms with Gasteiger partial charge in [0.15, 0.2) is 6.61 Å². The Balaban J connectivity index is 1.82. The summed E-state index contributed by atoms with van der Waals surface area (Å²) in [4.78, 5) is 23.5. The van der Waals surface area contributed by atoms with Crippen molar-refractivity contribution in [2.45, 2.75) is 33.4 Å². The fourth-order valence-electron chi connectivity index (χ4n) is 1.79. The molecular weight excluding hydrogens is 298 g/mol.